The predicted molar refractivity (Wildman–Crippen MR) is 106 cm³/mol. The number of carbonyl (C=O) groups excluding carboxylic acids is 3. The van der Waals surface area contributed by atoms with E-state index in [0.717, 1.165) is 11.4 Å². The van der Waals surface area contributed by atoms with Crippen molar-refractivity contribution >= 4 is 17.8 Å². The molecule has 8 heteroatoms. The van der Waals surface area contributed by atoms with Gasteiger partial charge in [0.2, 0.25) is 0 Å². The first-order valence-corrected chi connectivity index (χ1v) is 9.03. The number of hydrogen-bond acceptors (Lipinski definition) is 4. The number of hydrogen-bond donors (Lipinski definition) is 3. The first kappa shape index (κ1) is 21.0. The molecule has 4 amide bonds. The molecule has 150 valence electrons. The van der Waals surface area contributed by atoms with Gasteiger partial charge in [-0.3, -0.25) is 25.0 Å². The Morgan fingerprint density at radius 1 is 1.00 bits per heavy atom. The highest BCUT2D eigenvalue weighted by Gasteiger charge is 2.11. The van der Waals surface area contributed by atoms with Crippen LogP contribution in [-0.2, 0) is 4.79 Å². The molecule has 2 rings (SSSR count). The highest BCUT2D eigenvalue weighted by molar-refractivity contribution is 6.00. The number of nitrogens with zero attached hydrogens (tertiary/aromatic N) is 1. The number of imide groups is 1. The van der Waals surface area contributed by atoms with Gasteiger partial charge in [0.1, 0.15) is 5.75 Å². The average Bonchev–Trinajstić information content (AvgIpc) is 2.97. The van der Waals surface area contributed by atoms with E-state index in [-0.39, 0.29) is 18.4 Å². The third-order valence-corrected chi connectivity index (χ3v) is 3.89. The van der Waals surface area contributed by atoms with E-state index in [2.05, 4.69) is 16.1 Å². The monoisotopic (exact) mass is 386 g/mol. The van der Waals surface area contributed by atoms with Crippen LogP contribution < -0.4 is 20.8 Å². The summed E-state index contributed by atoms with van der Waals surface area (Å²) in [5, 5.41) is 4.77. The molecule has 28 heavy (non-hydrogen) atoms. The molecule has 0 saturated heterocycles. The summed E-state index contributed by atoms with van der Waals surface area (Å²) in [6, 6.07) is 9.68. The second-order valence-electron chi connectivity index (χ2n) is 6.86. The minimum absolute atomic E-state index is 0.256. The lowest BCUT2D eigenvalue weighted by molar-refractivity contribution is -0.122. The zero-order valence-electron chi connectivity index (χ0n) is 16.5. The lowest BCUT2D eigenvalue weighted by atomic mass is 10.2. The fourth-order valence-corrected chi connectivity index (χ4v) is 2.37. The van der Waals surface area contributed by atoms with E-state index in [1.807, 2.05) is 39.8 Å². The van der Waals surface area contributed by atoms with E-state index in [9.17, 15) is 14.4 Å². The van der Waals surface area contributed by atoms with Gasteiger partial charge in [-0.2, -0.15) is 0 Å². The summed E-state index contributed by atoms with van der Waals surface area (Å²) in [6.07, 6.45) is 0. The second-order valence-corrected chi connectivity index (χ2v) is 6.86. The van der Waals surface area contributed by atoms with Gasteiger partial charge < -0.3 is 10.1 Å². The Bertz CT molecular complexity index is 821. The summed E-state index contributed by atoms with van der Waals surface area (Å²) in [5.41, 5.74) is 5.12. The Labute approximate surface area is 164 Å². The maximum absolute atomic E-state index is 12.3. The van der Waals surface area contributed by atoms with Gasteiger partial charge in [0.05, 0.1) is 0 Å². The lowest BCUT2D eigenvalue weighted by Gasteiger charge is -2.12. The summed E-state index contributed by atoms with van der Waals surface area (Å²) in [5.74, 6) is -0.101. The maximum atomic E-state index is 12.3. The lowest BCUT2D eigenvalue weighted by Crippen LogP contribution is -2.42. The summed E-state index contributed by atoms with van der Waals surface area (Å²) in [7, 11) is 0. The van der Waals surface area contributed by atoms with Crippen LogP contribution in [-0.4, -0.2) is 35.7 Å². The van der Waals surface area contributed by atoms with Crippen LogP contribution in [0, 0.1) is 19.8 Å². The molecule has 0 bridgehead atoms. The van der Waals surface area contributed by atoms with E-state index in [1.54, 1.807) is 28.9 Å². The molecule has 1 aromatic heterocycles. The summed E-state index contributed by atoms with van der Waals surface area (Å²) in [6.45, 7) is 7.89. The number of nitrogens with one attached hydrogen (secondary N) is 3. The quantitative estimate of drug-likeness (QED) is 0.680. The molecule has 0 radical (unpaired) electrons. The topological polar surface area (TPSA) is 101 Å². The van der Waals surface area contributed by atoms with Crippen LogP contribution in [0.4, 0.5) is 4.79 Å². The van der Waals surface area contributed by atoms with Gasteiger partial charge in [-0.15, -0.1) is 0 Å². The van der Waals surface area contributed by atoms with Gasteiger partial charge in [0.15, 0.2) is 6.61 Å². The Hall–Kier alpha value is -3.29. The Morgan fingerprint density at radius 2 is 1.61 bits per heavy atom. The van der Waals surface area contributed by atoms with Crippen molar-refractivity contribution in [2.24, 2.45) is 5.92 Å². The molecule has 0 atom stereocenters. The van der Waals surface area contributed by atoms with Crippen LogP contribution in [0.15, 0.2) is 36.4 Å². The number of carbonyl (C=O) groups is 3. The molecular weight excluding hydrogens is 360 g/mol. The molecule has 8 nitrogen and oxygen atoms in total. The van der Waals surface area contributed by atoms with Crippen LogP contribution in [0.2, 0.25) is 0 Å². The van der Waals surface area contributed by atoms with E-state index in [0.29, 0.717) is 17.9 Å². The number of amides is 4. The molecule has 0 fully saturated rings. The van der Waals surface area contributed by atoms with Crippen LogP contribution in [0.5, 0.6) is 5.75 Å². The minimum Gasteiger partial charge on any atom is -0.484 e. The second kappa shape index (κ2) is 9.59. The Kier molecular flexibility index (Phi) is 7.20. The van der Waals surface area contributed by atoms with E-state index in [4.69, 9.17) is 4.74 Å². The fraction of sp³-hybridized carbons (Fsp3) is 0.350. The molecule has 0 aliphatic carbocycles. The average molecular weight is 386 g/mol. The van der Waals surface area contributed by atoms with Crippen molar-refractivity contribution in [3.8, 4) is 5.75 Å². The van der Waals surface area contributed by atoms with Gasteiger partial charge in [-0.05, 0) is 56.2 Å². The Morgan fingerprint density at radius 3 is 2.18 bits per heavy atom. The SMILES string of the molecule is Cc1ccc(C)n1NC(=O)c1ccc(OCC(=O)NC(=O)NCC(C)C)cc1. The number of urea groups is 1. The van der Waals surface area contributed by atoms with Crippen LogP contribution in [0.3, 0.4) is 0 Å². The van der Waals surface area contributed by atoms with E-state index in [1.165, 1.54) is 0 Å². The molecular formula is C20H26N4O4. The van der Waals surface area contributed by atoms with Crippen molar-refractivity contribution < 1.29 is 19.1 Å². The molecule has 0 saturated carbocycles. The highest BCUT2D eigenvalue weighted by atomic mass is 16.5. The third kappa shape index (κ3) is 6.15. The van der Waals surface area contributed by atoms with Crippen LogP contribution in [0.1, 0.15) is 35.6 Å². The zero-order valence-corrected chi connectivity index (χ0v) is 16.5. The Balaban J connectivity index is 1.83. The van der Waals surface area contributed by atoms with Gasteiger partial charge in [0, 0.05) is 23.5 Å². The summed E-state index contributed by atoms with van der Waals surface area (Å²) < 4.78 is 7.05. The number of rotatable bonds is 7. The summed E-state index contributed by atoms with van der Waals surface area (Å²) >= 11 is 0. The molecule has 1 heterocycles. The first-order chi connectivity index (χ1) is 13.3. The van der Waals surface area contributed by atoms with Crippen molar-refractivity contribution in [2.75, 3.05) is 18.6 Å². The van der Waals surface area contributed by atoms with Crippen molar-refractivity contribution in [3.63, 3.8) is 0 Å². The fourth-order valence-electron chi connectivity index (χ4n) is 2.37. The molecule has 0 aliphatic rings. The predicted octanol–water partition coefficient (Wildman–Crippen LogP) is 2.35. The van der Waals surface area contributed by atoms with Crippen molar-refractivity contribution in [2.45, 2.75) is 27.7 Å². The van der Waals surface area contributed by atoms with Gasteiger partial charge in [-0.1, -0.05) is 13.8 Å². The molecule has 2 aromatic rings. The standard InChI is InChI=1S/C20H26N4O4/c1-13(2)11-21-20(27)22-18(25)12-28-17-9-7-16(8-10-17)19(26)23-24-14(3)5-6-15(24)4/h5-10,13H,11-12H2,1-4H3,(H,23,26)(H2,21,22,25,27). The maximum Gasteiger partial charge on any atom is 0.321 e. The van der Waals surface area contributed by atoms with E-state index >= 15 is 0 Å². The van der Waals surface area contributed by atoms with Crippen LogP contribution >= 0.6 is 0 Å². The summed E-state index contributed by atoms with van der Waals surface area (Å²) in [4.78, 5) is 35.6. The van der Waals surface area contributed by atoms with Crippen molar-refractivity contribution in [1.29, 1.82) is 0 Å². The highest BCUT2D eigenvalue weighted by Crippen LogP contribution is 2.13. The molecule has 0 spiro atoms. The molecule has 0 unspecified atom stereocenters. The number of ether oxygens (including phenoxy) is 1. The number of aromatic nitrogens is 1. The molecule has 0 aliphatic heterocycles. The van der Waals surface area contributed by atoms with Crippen molar-refractivity contribution in [3.05, 3.63) is 53.3 Å². The number of benzene rings is 1. The normalized spacial score (nSPS) is 10.5. The molecule has 1 aromatic carbocycles. The van der Waals surface area contributed by atoms with Crippen LogP contribution in [0.25, 0.3) is 0 Å². The zero-order chi connectivity index (χ0) is 20.7. The molecule has 3 N–H and O–H groups in total. The van der Waals surface area contributed by atoms with Gasteiger partial charge >= 0.3 is 6.03 Å². The van der Waals surface area contributed by atoms with Gasteiger partial charge in [-0.25, -0.2) is 4.79 Å². The van der Waals surface area contributed by atoms with E-state index < -0.39 is 11.9 Å². The largest absolute Gasteiger partial charge is 0.484 e. The number of aryl methyl sites for hydroxylation is 2. The van der Waals surface area contributed by atoms with Crippen molar-refractivity contribution in [1.82, 2.24) is 15.3 Å². The van der Waals surface area contributed by atoms with Gasteiger partial charge in [0.25, 0.3) is 11.8 Å². The first-order valence-electron chi connectivity index (χ1n) is 9.03. The third-order valence-electron chi connectivity index (χ3n) is 3.89. The smallest absolute Gasteiger partial charge is 0.321 e. The minimum atomic E-state index is -0.554.